The van der Waals surface area contributed by atoms with Gasteiger partial charge in [0.1, 0.15) is 0 Å². The molecule has 8 heteroatoms. The Balaban J connectivity index is 1.27. The number of pyridine rings is 1. The van der Waals surface area contributed by atoms with Crippen molar-refractivity contribution in [2.45, 2.75) is 69.4 Å². The topological polar surface area (TPSA) is 97.1 Å². The molecule has 0 unspecified atom stereocenters. The molecule has 1 heterocycles. The first-order valence-corrected chi connectivity index (χ1v) is 13.6. The third-order valence-corrected chi connectivity index (χ3v) is 8.10. The van der Waals surface area contributed by atoms with E-state index in [1.807, 2.05) is 36.4 Å². The Morgan fingerprint density at radius 1 is 0.974 bits per heavy atom. The van der Waals surface area contributed by atoms with Crippen LogP contribution < -0.4 is 16.4 Å². The van der Waals surface area contributed by atoms with Gasteiger partial charge >= 0.3 is 6.43 Å². The molecule has 0 radical (unpaired) electrons. The molecule has 2 fully saturated rings. The quantitative estimate of drug-likeness (QED) is 0.330. The second-order valence-electron chi connectivity index (χ2n) is 10.9. The Morgan fingerprint density at radius 3 is 2.28 bits per heavy atom. The molecule has 2 aliphatic carbocycles. The van der Waals surface area contributed by atoms with Crippen LogP contribution in [0.5, 0.6) is 0 Å². The van der Waals surface area contributed by atoms with E-state index < -0.39 is 12.3 Å². The number of carbonyl (C=O) groups excluding carboxylic acids is 2. The van der Waals surface area contributed by atoms with Crippen molar-refractivity contribution in [3.8, 4) is 22.4 Å². The lowest BCUT2D eigenvalue weighted by molar-refractivity contribution is -0.132. The molecule has 2 aromatic carbocycles. The summed E-state index contributed by atoms with van der Waals surface area (Å²) >= 11 is 0. The maximum absolute atomic E-state index is 12.9. The van der Waals surface area contributed by atoms with Gasteiger partial charge in [-0.25, -0.2) is 0 Å². The number of nitrogens with zero attached hydrogens (tertiary/aromatic N) is 1. The van der Waals surface area contributed by atoms with Crippen molar-refractivity contribution in [1.29, 1.82) is 0 Å². The number of anilines is 1. The van der Waals surface area contributed by atoms with Gasteiger partial charge in [0.2, 0.25) is 5.91 Å². The Hall–Kier alpha value is -3.65. The van der Waals surface area contributed by atoms with Crippen LogP contribution >= 0.6 is 0 Å². The van der Waals surface area contributed by atoms with Crippen LogP contribution in [0, 0.1) is 5.92 Å². The predicted octanol–water partition coefficient (Wildman–Crippen LogP) is 6.02. The number of halogens is 2. The maximum Gasteiger partial charge on any atom is 0.315 e. The average molecular weight is 533 g/mol. The van der Waals surface area contributed by atoms with Gasteiger partial charge in [-0.3, -0.25) is 14.6 Å². The van der Waals surface area contributed by atoms with Gasteiger partial charge in [-0.15, -0.1) is 0 Å². The fourth-order valence-corrected chi connectivity index (χ4v) is 5.66. The molecule has 2 saturated carbocycles. The van der Waals surface area contributed by atoms with Crippen molar-refractivity contribution in [2.24, 2.45) is 11.7 Å². The largest absolute Gasteiger partial charge is 0.348 e. The van der Waals surface area contributed by atoms with E-state index in [1.165, 1.54) is 0 Å². The van der Waals surface area contributed by atoms with Crippen molar-refractivity contribution in [3.63, 3.8) is 0 Å². The van der Waals surface area contributed by atoms with Crippen molar-refractivity contribution in [1.82, 2.24) is 10.3 Å². The van der Waals surface area contributed by atoms with Crippen LogP contribution in [-0.2, 0) is 15.1 Å². The summed E-state index contributed by atoms with van der Waals surface area (Å²) in [7, 11) is 0. The highest BCUT2D eigenvalue weighted by Crippen LogP contribution is 2.40. The van der Waals surface area contributed by atoms with Gasteiger partial charge in [0.25, 0.3) is 5.91 Å². The number of hydrogen-bond acceptors (Lipinski definition) is 4. The Kier molecular flexibility index (Phi) is 8.02. The Labute approximate surface area is 227 Å². The maximum atomic E-state index is 12.9. The summed E-state index contributed by atoms with van der Waals surface area (Å²) in [5.74, 6) is -1.19. The molecule has 6 nitrogen and oxygen atoms in total. The summed E-state index contributed by atoms with van der Waals surface area (Å²) in [6.45, 7) is 0. The summed E-state index contributed by atoms with van der Waals surface area (Å²) in [5.41, 5.74) is 11.8. The number of rotatable bonds is 8. The molecule has 4 N–H and O–H groups in total. The van der Waals surface area contributed by atoms with E-state index in [0.717, 1.165) is 47.2 Å². The van der Waals surface area contributed by atoms with E-state index in [4.69, 9.17) is 10.7 Å². The highest BCUT2D eigenvalue weighted by atomic mass is 19.3. The van der Waals surface area contributed by atoms with E-state index in [-0.39, 0.29) is 23.4 Å². The first-order chi connectivity index (χ1) is 18.8. The lowest BCUT2D eigenvalue weighted by Gasteiger charge is -2.38. The highest BCUT2D eigenvalue weighted by Gasteiger charge is 2.34. The zero-order valence-corrected chi connectivity index (χ0v) is 21.8. The number of alkyl halides is 2. The molecule has 1 aromatic heterocycles. The van der Waals surface area contributed by atoms with Gasteiger partial charge in [-0.2, -0.15) is 8.78 Å². The normalized spacial score (nSPS) is 20.2. The fourth-order valence-electron chi connectivity index (χ4n) is 5.66. The van der Waals surface area contributed by atoms with Crippen molar-refractivity contribution in [3.05, 3.63) is 72.4 Å². The first-order valence-electron chi connectivity index (χ1n) is 13.6. The molecule has 204 valence electrons. The Morgan fingerprint density at radius 2 is 1.67 bits per heavy atom. The summed E-state index contributed by atoms with van der Waals surface area (Å²) in [4.78, 5) is 28.9. The molecule has 2 aliphatic rings. The van der Waals surface area contributed by atoms with Crippen molar-refractivity contribution < 1.29 is 18.4 Å². The van der Waals surface area contributed by atoms with Gasteiger partial charge in [-0.05, 0) is 68.1 Å². The van der Waals surface area contributed by atoms with Gasteiger partial charge < -0.3 is 16.4 Å². The van der Waals surface area contributed by atoms with Crippen molar-refractivity contribution in [2.75, 3.05) is 5.32 Å². The average Bonchev–Trinajstić information content (AvgIpc) is 2.93. The zero-order valence-electron chi connectivity index (χ0n) is 21.8. The van der Waals surface area contributed by atoms with Crippen LogP contribution in [0.3, 0.4) is 0 Å². The molecule has 0 saturated heterocycles. The molecule has 39 heavy (non-hydrogen) atoms. The number of benzene rings is 2. The number of nitrogens with two attached hydrogens (primary N) is 1. The second kappa shape index (κ2) is 11.6. The third-order valence-electron chi connectivity index (χ3n) is 8.10. The smallest absolute Gasteiger partial charge is 0.315 e. The lowest BCUT2D eigenvalue weighted by atomic mass is 9.72. The molecular formula is C31H34F2N4O2. The van der Waals surface area contributed by atoms with E-state index in [0.29, 0.717) is 37.8 Å². The zero-order chi connectivity index (χ0) is 27.4. The number of carbonyl (C=O) groups is 2. The number of hydrogen-bond donors (Lipinski definition) is 3. The molecule has 2 amide bonds. The SMILES string of the molecule is NC1(c2ccc(-c3ncc(NC(=O)C[C@H]4CC[C@H](NC(=O)C(F)F)CC4)cc3-c3ccccc3)cc2)CCC1. The highest BCUT2D eigenvalue weighted by molar-refractivity contribution is 5.93. The molecule has 3 aromatic rings. The summed E-state index contributed by atoms with van der Waals surface area (Å²) in [6, 6.07) is 20.0. The minimum Gasteiger partial charge on any atom is -0.348 e. The van der Waals surface area contributed by atoms with Crippen LogP contribution in [0.2, 0.25) is 0 Å². The molecule has 5 rings (SSSR count). The Bertz CT molecular complexity index is 1300. The van der Waals surface area contributed by atoms with Gasteiger partial charge in [0.15, 0.2) is 0 Å². The van der Waals surface area contributed by atoms with Crippen LogP contribution in [-0.4, -0.2) is 29.3 Å². The van der Waals surface area contributed by atoms with Crippen LogP contribution in [0.25, 0.3) is 22.4 Å². The minimum atomic E-state index is -3.00. The molecule has 0 bridgehead atoms. The fraction of sp³-hybridized carbons (Fsp3) is 0.387. The lowest BCUT2D eigenvalue weighted by Crippen LogP contribution is -2.43. The minimum absolute atomic E-state index is 0.110. The van der Waals surface area contributed by atoms with Crippen LogP contribution in [0.15, 0.2) is 66.9 Å². The second-order valence-corrected chi connectivity index (χ2v) is 10.9. The standard InChI is InChI=1S/C31H34F2N4O2/c32-29(33)30(39)37-24-13-7-20(8-14-24)17-27(38)36-25-18-26(21-5-2-1-3-6-21)28(35-19-25)22-9-11-23(12-10-22)31(34)15-4-16-31/h1-3,5-6,9-12,18-20,24,29H,4,7-8,13-17,34H2,(H,36,38)(H,37,39)/t20-,24-. The third kappa shape index (κ3) is 6.33. The number of aromatic nitrogens is 1. The number of amides is 2. The summed E-state index contributed by atoms with van der Waals surface area (Å²) in [6.07, 6.45) is 4.77. The predicted molar refractivity (Wildman–Crippen MR) is 148 cm³/mol. The van der Waals surface area contributed by atoms with E-state index in [2.05, 4.69) is 34.9 Å². The summed E-state index contributed by atoms with van der Waals surface area (Å²) in [5, 5.41) is 5.38. The van der Waals surface area contributed by atoms with Gasteiger partial charge in [0, 0.05) is 29.1 Å². The summed E-state index contributed by atoms with van der Waals surface area (Å²) < 4.78 is 25.0. The molecular weight excluding hydrogens is 498 g/mol. The first kappa shape index (κ1) is 26.9. The molecule has 0 spiro atoms. The van der Waals surface area contributed by atoms with E-state index in [9.17, 15) is 18.4 Å². The number of nitrogens with one attached hydrogen (secondary N) is 2. The van der Waals surface area contributed by atoms with E-state index >= 15 is 0 Å². The van der Waals surface area contributed by atoms with Crippen LogP contribution in [0.4, 0.5) is 14.5 Å². The molecule has 0 atom stereocenters. The van der Waals surface area contributed by atoms with Gasteiger partial charge in [0.05, 0.1) is 17.6 Å². The van der Waals surface area contributed by atoms with E-state index in [1.54, 1.807) is 6.20 Å². The monoisotopic (exact) mass is 532 g/mol. The van der Waals surface area contributed by atoms with Gasteiger partial charge in [-0.1, -0.05) is 54.6 Å². The molecule has 0 aliphatic heterocycles. The van der Waals surface area contributed by atoms with Crippen LogP contribution in [0.1, 0.15) is 56.9 Å². The van der Waals surface area contributed by atoms with Crippen molar-refractivity contribution >= 4 is 17.5 Å².